The zero-order valence-electron chi connectivity index (χ0n) is 8.97. The van der Waals surface area contributed by atoms with Crippen molar-refractivity contribution in [3.8, 4) is 0 Å². The standard InChI is InChI=1S/C9H10.C2H4N.CH3.Ru/c1-8(2)9-6-4-3-5-7-9;1-2-3;;/h3-6,8H,1H2,2H3;2H,1H3;1H3;/q-2;2*-1;+4. The molecular formula is C12H17NRu. The van der Waals surface area contributed by atoms with Crippen LogP contribution >= 0.6 is 0 Å². The average Bonchev–Trinajstić information content (AvgIpc) is 2.07. The number of benzene rings is 1. The van der Waals surface area contributed by atoms with Crippen LogP contribution in [0.5, 0.6) is 0 Å². The zero-order chi connectivity index (χ0) is 9.40. The van der Waals surface area contributed by atoms with Gasteiger partial charge >= 0.3 is 19.5 Å². The third kappa shape index (κ3) is 9.60. The van der Waals surface area contributed by atoms with E-state index in [1.165, 1.54) is 5.56 Å². The van der Waals surface area contributed by atoms with Crippen molar-refractivity contribution < 1.29 is 19.5 Å². The fraction of sp³-hybridized carbons (Fsp3) is 0.250. The van der Waals surface area contributed by atoms with E-state index in [0.717, 1.165) is 6.21 Å². The van der Waals surface area contributed by atoms with Gasteiger partial charge in [-0.05, 0) is 0 Å². The molecule has 14 heavy (non-hydrogen) atoms. The van der Waals surface area contributed by atoms with E-state index >= 15 is 0 Å². The quantitative estimate of drug-likeness (QED) is 0.425. The van der Waals surface area contributed by atoms with E-state index in [4.69, 9.17) is 5.41 Å². The van der Waals surface area contributed by atoms with Crippen molar-refractivity contribution in [2.24, 2.45) is 0 Å². The zero-order valence-corrected chi connectivity index (χ0v) is 10.7. The van der Waals surface area contributed by atoms with Gasteiger partial charge in [0.2, 0.25) is 0 Å². The van der Waals surface area contributed by atoms with Crippen molar-refractivity contribution in [3.63, 3.8) is 0 Å². The first kappa shape index (κ1) is 19.1. The molecular weight excluding hydrogens is 259 g/mol. The fourth-order valence-corrected chi connectivity index (χ4v) is 0.714. The Kier molecular flexibility index (Phi) is 17.1. The van der Waals surface area contributed by atoms with Crippen LogP contribution in [0.25, 0.3) is 5.41 Å². The SMILES string of the molecule is CC=[N-].[CH2-]C(C)c1[c-]cccc1.[CH3-].[Ru+4]. The molecule has 2 heteroatoms. The molecule has 1 nitrogen and oxygen atoms in total. The molecule has 0 aromatic heterocycles. The van der Waals surface area contributed by atoms with E-state index in [-0.39, 0.29) is 26.9 Å². The molecule has 0 aliphatic heterocycles. The smallest absolute Gasteiger partial charge is 0.814 e. The number of nitrogens with zero attached hydrogens (tertiary/aromatic N) is 1. The first-order valence-electron chi connectivity index (χ1n) is 3.94. The molecule has 1 aromatic rings. The van der Waals surface area contributed by atoms with Gasteiger partial charge in [0.05, 0.1) is 0 Å². The van der Waals surface area contributed by atoms with Gasteiger partial charge < -0.3 is 19.8 Å². The number of hydrogen-bond acceptors (Lipinski definition) is 0. The summed E-state index contributed by atoms with van der Waals surface area (Å²) < 4.78 is 0. The third-order valence-corrected chi connectivity index (χ3v) is 1.26. The summed E-state index contributed by atoms with van der Waals surface area (Å²) in [7, 11) is 0. The molecule has 1 unspecified atom stereocenters. The summed E-state index contributed by atoms with van der Waals surface area (Å²) >= 11 is 0. The van der Waals surface area contributed by atoms with E-state index in [2.05, 4.69) is 19.9 Å². The normalized spacial score (nSPS) is 9.36. The van der Waals surface area contributed by atoms with Gasteiger partial charge in [-0.25, -0.2) is 6.21 Å². The topological polar surface area (TPSA) is 22.3 Å². The molecule has 0 N–H and O–H groups in total. The second kappa shape index (κ2) is 12.5. The minimum absolute atomic E-state index is 0. The first-order chi connectivity index (χ1) is 5.72. The Balaban J connectivity index is -0.000000218. The minimum Gasteiger partial charge on any atom is -0.814 e. The molecule has 0 heterocycles. The monoisotopic (exact) mass is 277 g/mol. The Morgan fingerprint density at radius 3 is 2.21 bits per heavy atom. The number of rotatable bonds is 1. The van der Waals surface area contributed by atoms with Gasteiger partial charge in [-0.15, -0.1) is 0 Å². The van der Waals surface area contributed by atoms with Crippen LogP contribution in [0.1, 0.15) is 25.3 Å². The Morgan fingerprint density at radius 2 is 2.00 bits per heavy atom. The molecule has 1 rings (SSSR count). The maximum Gasteiger partial charge on any atom is 4.00 e. The minimum atomic E-state index is 0. The van der Waals surface area contributed by atoms with Crippen LogP contribution in [0.15, 0.2) is 24.3 Å². The molecule has 0 saturated heterocycles. The number of hydrogen-bond donors (Lipinski definition) is 0. The van der Waals surface area contributed by atoms with Crippen LogP contribution in [0.2, 0.25) is 0 Å². The Labute approximate surface area is 101 Å². The summed E-state index contributed by atoms with van der Waals surface area (Å²) in [6.45, 7) is 7.49. The molecule has 1 atom stereocenters. The van der Waals surface area contributed by atoms with Crippen molar-refractivity contribution in [2.75, 3.05) is 0 Å². The molecule has 0 aliphatic carbocycles. The van der Waals surface area contributed by atoms with E-state index in [9.17, 15) is 0 Å². The van der Waals surface area contributed by atoms with Gasteiger partial charge in [-0.2, -0.15) is 41.8 Å². The van der Waals surface area contributed by atoms with Crippen LogP contribution in [-0.4, -0.2) is 6.21 Å². The summed E-state index contributed by atoms with van der Waals surface area (Å²) in [4.78, 5) is 0. The predicted octanol–water partition coefficient (Wildman–Crippen LogP) is 3.52. The van der Waals surface area contributed by atoms with Gasteiger partial charge in [0.15, 0.2) is 0 Å². The van der Waals surface area contributed by atoms with Gasteiger partial charge in [-0.3, -0.25) is 0 Å². The maximum absolute atomic E-state index is 7.44. The average molecular weight is 276 g/mol. The van der Waals surface area contributed by atoms with Crippen LogP contribution in [0, 0.1) is 20.4 Å². The summed E-state index contributed by atoms with van der Waals surface area (Å²) in [5, 5.41) is 7.44. The van der Waals surface area contributed by atoms with Crippen molar-refractivity contribution in [1.29, 1.82) is 0 Å². The van der Waals surface area contributed by atoms with Gasteiger partial charge in [0.1, 0.15) is 0 Å². The molecule has 1 aromatic carbocycles. The van der Waals surface area contributed by atoms with Crippen LogP contribution in [-0.2, 0) is 19.5 Å². The molecule has 0 fully saturated rings. The third-order valence-electron chi connectivity index (χ3n) is 1.26. The predicted molar refractivity (Wildman–Crippen MR) is 60.6 cm³/mol. The Bertz CT molecular complexity index is 207. The Hall–Kier alpha value is -0.487. The molecule has 0 aliphatic rings. The molecule has 0 amide bonds. The van der Waals surface area contributed by atoms with Gasteiger partial charge in [-0.1, -0.05) is 13.8 Å². The first-order valence-corrected chi connectivity index (χ1v) is 3.94. The van der Waals surface area contributed by atoms with E-state index < -0.39 is 0 Å². The molecule has 0 radical (unpaired) electrons. The van der Waals surface area contributed by atoms with E-state index in [0.29, 0.717) is 5.92 Å². The maximum atomic E-state index is 7.44. The summed E-state index contributed by atoms with van der Waals surface area (Å²) in [5.74, 6) is 0.353. The largest absolute Gasteiger partial charge is 4.00 e. The molecule has 78 valence electrons. The van der Waals surface area contributed by atoms with Crippen molar-refractivity contribution in [2.45, 2.75) is 19.8 Å². The second-order valence-electron chi connectivity index (χ2n) is 2.48. The van der Waals surface area contributed by atoms with E-state index in [1.54, 1.807) is 6.92 Å². The van der Waals surface area contributed by atoms with Crippen LogP contribution in [0.4, 0.5) is 0 Å². The van der Waals surface area contributed by atoms with Gasteiger partial charge in [0.25, 0.3) is 0 Å². The van der Waals surface area contributed by atoms with Crippen LogP contribution in [0.3, 0.4) is 0 Å². The summed E-state index contributed by atoms with van der Waals surface area (Å²) in [6.07, 6.45) is 1.00. The van der Waals surface area contributed by atoms with Crippen molar-refractivity contribution in [1.82, 2.24) is 0 Å². The second-order valence-corrected chi connectivity index (χ2v) is 2.48. The van der Waals surface area contributed by atoms with Crippen molar-refractivity contribution in [3.05, 3.63) is 55.7 Å². The molecule has 0 saturated carbocycles. The van der Waals surface area contributed by atoms with Crippen molar-refractivity contribution >= 4 is 6.21 Å². The molecule has 0 spiro atoms. The van der Waals surface area contributed by atoms with E-state index in [1.807, 2.05) is 24.3 Å². The van der Waals surface area contributed by atoms with Gasteiger partial charge in [0, 0.05) is 0 Å². The van der Waals surface area contributed by atoms with Crippen LogP contribution < -0.4 is 0 Å². The Morgan fingerprint density at radius 1 is 1.50 bits per heavy atom. The summed E-state index contributed by atoms with van der Waals surface area (Å²) in [6, 6.07) is 11.0. The fourth-order valence-electron chi connectivity index (χ4n) is 0.714. The summed E-state index contributed by atoms with van der Waals surface area (Å²) in [5.41, 5.74) is 1.18. The molecule has 0 bridgehead atoms.